The van der Waals surface area contributed by atoms with Crippen molar-refractivity contribution in [1.82, 2.24) is 10.2 Å². The van der Waals surface area contributed by atoms with E-state index in [4.69, 9.17) is 0 Å². The highest BCUT2D eigenvalue weighted by atomic mass is 32.1. The summed E-state index contributed by atoms with van der Waals surface area (Å²) in [5.41, 5.74) is 0.853. The van der Waals surface area contributed by atoms with Gasteiger partial charge in [-0.25, -0.2) is 4.39 Å². The predicted molar refractivity (Wildman–Crippen MR) is 88.5 cm³/mol. The van der Waals surface area contributed by atoms with Crippen LogP contribution in [0.5, 0.6) is 0 Å². The third-order valence-corrected chi connectivity index (χ3v) is 4.23. The van der Waals surface area contributed by atoms with Gasteiger partial charge in [0.05, 0.1) is 6.42 Å². The van der Waals surface area contributed by atoms with Crippen LogP contribution in [-0.4, -0.2) is 29.8 Å². The van der Waals surface area contributed by atoms with Gasteiger partial charge in [-0.15, -0.1) is 11.3 Å². The van der Waals surface area contributed by atoms with Gasteiger partial charge in [-0.05, 0) is 29.1 Å². The van der Waals surface area contributed by atoms with Crippen molar-refractivity contribution in [3.05, 3.63) is 58.0 Å². The maximum atomic E-state index is 12.9. The highest BCUT2D eigenvalue weighted by Crippen LogP contribution is 2.09. The SMILES string of the molecule is CC(=O)N(CCNC(=O)Cc1cccs1)Cc1ccc(F)cc1. The third kappa shape index (κ3) is 5.83. The van der Waals surface area contributed by atoms with Crippen molar-refractivity contribution in [2.75, 3.05) is 13.1 Å². The van der Waals surface area contributed by atoms with Crippen molar-refractivity contribution < 1.29 is 14.0 Å². The van der Waals surface area contributed by atoms with Crippen molar-refractivity contribution in [2.45, 2.75) is 19.9 Å². The van der Waals surface area contributed by atoms with E-state index in [-0.39, 0.29) is 17.6 Å². The van der Waals surface area contributed by atoms with Gasteiger partial charge in [0, 0.05) is 31.4 Å². The number of halogens is 1. The first-order valence-electron chi connectivity index (χ1n) is 7.33. The molecule has 0 aliphatic heterocycles. The molecule has 1 aromatic carbocycles. The van der Waals surface area contributed by atoms with E-state index in [0.717, 1.165) is 10.4 Å². The monoisotopic (exact) mass is 334 g/mol. The topological polar surface area (TPSA) is 49.4 Å². The second-order valence-electron chi connectivity index (χ2n) is 5.17. The second kappa shape index (κ2) is 8.43. The maximum Gasteiger partial charge on any atom is 0.225 e. The maximum absolute atomic E-state index is 12.9. The van der Waals surface area contributed by atoms with E-state index < -0.39 is 0 Å². The Balaban J connectivity index is 1.79. The minimum Gasteiger partial charge on any atom is -0.354 e. The molecule has 0 fully saturated rings. The van der Waals surface area contributed by atoms with Gasteiger partial charge in [-0.2, -0.15) is 0 Å². The normalized spacial score (nSPS) is 10.3. The number of nitrogens with one attached hydrogen (secondary N) is 1. The number of hydrogen-bond donors (Lipinski definition) is 1. The van der Waals surface area contributed by atoms with Gasteiger partial charge >= 0.3 is 0 Å². The van der Waals surface area contributed by atoms with E-state index >= 15 is 0 Å². The zero-order valence-electron chi connectivity index (χ0n) is 12.9. The minimum absolute atomic E-state index is 0.0577. The average molecular weight is 334 g/mol. The molecule has 1 aromatic heterocycles. The molecule has 0 atom stereocenters. The fourth-order valence-electron chi connectivity index (χ4n) is 2.12. The summed E-state index contributed by atoms with van der Waals surface area (Å²) in [6.07, 6.45) is 0.357. The van der Waals surface area contributed by atoms with Crippen molar-refractivity contribution in [3.8, 4) is 0 Å². The van der Waals surface area contributed by atoms with Crippen LogP contribution in [0.25, 0.3) is 0 Å². The minimum atomic E-state index is -0.302. The number of rotatable bonds is 7. The molecule has 4 nitrogen and oxygen atoms in total. The Morgan fingerprint density at radius 1 is 1.22 bits per heavy atom. The van der Waals surface area contributed by atoms with E-state index in [2.05, 4.69) is 5.32 Å². The Hall–Kier alpha value is -2.21. The number of carbonyl (C=O) groups is 2. The first-order valence-corrected chi connectivity index (χ1v) is 8.21. The molecule has 0 aliphatic carbocycles. The molecule has 0 bridgehead atoms. The molecule has 1 N–H and O–H groups in total. The summed E-state index contributed by atoms with van der Waals surface area (Å²) in [6, 6.07) is 9.88. The highest BCUT2D eigenvalue weighted by molar-refractivity contribution is 7.10. The standard InChI is InChI=1S/C17H19FN2O2S/c1-13(21)20(12-14-4-6-15(18)7-5-14)9-8-19-17(22)11-16-3-2-10-23-16/h2-7,10H,8-9,11-12H2,1H3,(H,19,22). The number of carbonyl (C=O) groups excluding carboxylic acids is 2. The first-order chi connectivity index (χ1) is 11.0. The Labute approximate surface area is 138 Å². The van der Waals surface area contributed by atoms with Crippen molar-refractivity contribution in [3.63, 3.8) is 0 Å². The van der Waals surface area contributed by atoms with E-state index in [9.17, 15) is 14.0 Å². The fraction of sp³-hybridized carbons (Fsp3) is 0.294. The third-order valence-electron chi connectivity index (χ3n) is 3.35. The Kier molecular flexibility index (Phi) is 6.29. The summed E-state index contributed by atoms with van der Waals surface area (Å²) in [5, 5.41) is 4.75. The van der Waals surface area contributed by atoms with Gasteiger partial charge in [-0.3, -0.25) is 9.59 Å². The van der Waals surface area contributed by atoms with E-state index in [0.29, 0.717) is 26.1 Å². The molecule has 23 heavy (non-hydrogen) atoms. The molecule has 2 rings (SSSR count). The summed E-state index contributed by atoms with van der Waals surface area (Å²) in [7, 11) is 0. The first kappa shape index (κ1) is 17.1. The smallest absolute Gasteiger partial charge is 0.225 e. The largest absolute Gasteiger partial charge is 0.354 e. The molecule has 0 saturated heterocycles. The van der Waals surface area contributed by atoms with Gasteiger partial charge in [0.15, 0.2) is 0 Å². The zero-order chi connectivity index (χ0) is 16.7. The molecule has 1 heterocycles. The van der Waals surface area contributed by atoms with Gasteiger partial charge in [0.25, 0.3) is 0 Å². The van der Waals surface area contributed by atoms with Gasteiger partial charge in [0.2, 0.25) is 11.8 Å². The van der Waals surface area contributed by atoms with Gasteiger partial charge in [0.1, 0.15) is 5.82 Å². The fourth-order valence-corrected chi connectivity index (χ4v) is 2.83. The summed E-state index contributed by atoms with van der Waals surface area (Å²) in [5.74, 6) is -0.441. The molecule has 0 spiro atoms. The van der Waals surface area contributed by atoms with E-state index in [1.54, 1.807) is 28.4 Å². The predicted octanol–water partition coefficient (Wildman–Crippen LogP) is 2.59. The molecular weight excluding hydrogens is 315 g/mol. The summed E-state index contributed by atoms with van der Waals surface area (Å²) in [4.78, 5) is 26.1. The summed E-state index contributed by atoms with van der Waals surface area (Å²) in [6.45, 7) is 2.70. The number of benzene rings is 1. The molecule has 0 radical (unpaired) electrons. The molecule has 6 heteroatoms. The summed E-state index contributed by atoms with van der Waals surface area (Å²) >= 11 is 1.54. The van der Waals surface area contributed by atoms with Gasteiger partial charge < -0.3 is 10.2 Å². The van der Waals surface area contributed by atoms with Crippen LogP contribution >= 0.6 is 11.3 Å². The number of thiophene rings is 1. The van der Waals surface area contributed by atoms with Crippen LogP contribution in [0.2, 0.25) is 0 Å². The van der Waals surface area contributed by atoms with Crippen LogP contribution in [0.1, 0.15) is 17.4 Å². The second-order valence-corrected chi connectivity index (χ2v) is 6.21. The van der Waals surface area contributed by atoms with Crippen molar-refractivity contribution in [1.29, 1.82) is 0 Å². The Morgan fingerprint density at radius 3 is 2.57 bits per heavy atom. The average Bonchev–Trinajstić information content (AvgIpc) is 3.01. The molecule has 2 aromatic rings. The van der Waals surface area contributed by atoms with Crippen LogP contribution in [0.15, 0.2) is 41.8 Å². The van der Waals surface area contributed by atoms with Crippen LogP contribution in [-0.2, 0) is 22.6 Å². The lowest BCUT2D eigenvalue weighted by atomic mass is 10.2. The number of hydrogen-bond acceptors (Lipinski definition) is 3. The van der Waals surface area contributed by atoms with Crippen molar-refractivity contribution >= 4 is 23.2 Å². The molecule has 0 aliphatic rings. The number of nitrogens with zero attached hydrogens (tertiary/aromatic N) is 1. The zero-order valence-corrected chi connectivity index (χ0v) is 13.7. The Bertz CT molecular complexity index is 641. The lowest BCUT2D eigenvalue weighted by molar-refractivity contribution is -0.130. The van der Waals surface area contributed by atoms with Crippen LogP contribution in [0.3, 0.4) is 0 Å². The molecule has 122 valence electrons. The highest BCUT2D eigenvalue weighted by Gasteiger charge is 2.10. The number of amides is 2. The lowest BCUT2D eigenvalue weighted by Crippen LogP contribution is -2.37. The van der Waals surface area contributed by atoms with Gasteiger partial charge in [-0.1, -0.05) is 18.2 Å². The Morgan fingerprint density at radius 2 is 1.96 bits per heavy atom. The summed E-state index contributed by atoms with van der Waals surface area (Å²) < 4.78 is 12.9. The quantitative estimate of drug-likeness (QED) is 0.846. The van der Waals surface area contributed by atoms with Crippen molar-refractivity contribution in [2.24, 2.45) is 0 Å². The van der Waals surface area contributed by atoms with Crippen LogP contribution < -0.4 is 5.32 Å². The lowest BCUT2D eigenvalue weighted by Gasteiger charge is -2.21. The van der Waals surface area contributed by atoms with E-state index in [1.807, 2.05) is 17.5 Å². The molecule has 2 amide bonds. The molecule has 0 unspecified atom stereocenters. The van der Waals surface area contributed by atoms with Crippen LogP contribution in [0.4, 0.5) is 4.39 Å². The van der Waals surface area contributed by atoms with E-state index in [1.165, 1.54) is 19.1 Å². The molecule has 0 saturated carbocycles. The molecular formula is C17H19FN2O2S. The van der Waals surface area contributed by atoms with Crippen LogP contribution in [0, 0.1) is 5.82 Å².